The summed E-state index contributed by atoms with van der Waals surface area (Å²) in [7, 11) is 0. The minimum Gasteiger partial charge on any atom is -0.454 e. The van der Waals surface area contributed by atoms with Gasteiger partial charge in [-0.15, -0.1) is 0 Å². The smallest absolute Gasteiger partial charge is 0.267 e. The second-order valence-electron chi connectivity index (χ2n) is 7.93. The molecule has 1 aliphatic heterocycles. The number of anilines is 1. The number of primary amides is 1. The van der Waals surface area contributed by atoms with E-state index in [1.165, 1.54) is 0 Å². The van der Waals surface area contributed by atoms with Crippen LogP contribution in [-0.4, -0.2) is 23.6 Å². The van der Waals surface area contributed by atoms with E-state index in [1.807, 2.05) is 43.3 Å². The van der Waals surface area contributed by atoms with Gasteiger partial charge in [-0.2, -0.15) is 0 Å². The third-order valence-corrected chi connectivity index (χ3v) is 5.93. The number of benzene rings is 2. The molecular weight excluding hydrogens is 394 g/mol. The number of amides is 2. The second kappa shape index (κ2) is 7.12. The normalized spacial score (nSPS) is 15.4. The van der Waals surface area contributed by atoms with Crippen molar-refractivity contribution in [3.8, 4) is 22.6 Å². The van der Waals surface area contributed by atoms with Crippen LogP contribution in [0.25, 0.3) is 11.1 Å². The monoisotopic (exact) mass is 415 g/mol. The van der Waals surface area contributed by atoms with E-state index >= 15 is 0 Å². The molecule has 156 valence electrons. The van der Waals surface area contributed by atoms with Gasteiger partial charge in [-0.05, 0) is 66.8 Å². The first-order valence-electron chi connectivity index (χ1n) is 10.0. The van der Waals surface area contributed by atoms with E-state index in [0.29, 0.717) is 17.2 Å². The van der Waals surface area contributed by atoms with Crippen LogP contribution in [0.2, 0.25) is 0 Å². The van der Waals surface area contributed by atoms with Gasteiger partial charge in [-0.3, -0.25) is 14.6 Å². The molecule has 0 unspecified atom stereocenters. The van der Waals surface area contributed by atoms with E-state index in [0.717, 1.165) is 35.1 Å². The van der Waals surface area contributed by atoms with Crippen LogP contribution in [0.4, 0.5) is 5.69 Å². The van der Waals surface area contributed by atoms with Crippen LogP contribution in [0.15, 0.2) is 54.7 Å². The van der Waals surface area contributed by atoms with Gasteiger partial charge >= 0.3 is 0 Å². The summed E-state index contributed by atoms with van der Waals surface area (Å²) in [4.78, 5) is 28.6. The standard InChI is InChI=1S/C24H21N3O4/c1-14-2-5-17(11-18(14)15-3-6-19(22(25)28)26-12-15)27-23(29)24(8-9-24)16-4-7-20-21(10-16)31-13-30-20/h2-7,10-12H,8-9,13H2,1H3,(H2,25,28)(H,27,29). The van der Waals surface area contributed by atoms with Gasteiger partial charge in [-0.25, -0.2) is 0 Å². The summed E-state index contributed by atoms with van der Waals surface area (Å²) >= 11 is 0. The third kappa shape index (κ3) is 3.38. The number of pyridine rings is 1. The Bertz CT molecular complexity index is 1200. The molecule has 1 fully saturated rings. The van der Waals surface area contributed by atoms with Crippen molar-refractivity contribution >= 4 is 17.5 Å². The highest BCUT2D eigenvalue weighted by Crippen LogP contribution is 2.51. The Morgan fingerprint density at radius 3 is 2.55 bits per heavy atom. The summed E-state index contributed by atoms with van der Waals surface area (Å²) in [5.74, 6) is 0.783. The predicted octanol–water partition coefficient (Wildman–Crippen LogP) is 3.55. The number of hydrogen-bond donors (Lipinski definition) is 2. The maximum atomic E-state index is 13.2. The van der Waals surface area contributed by atoms with E-state index in [-0.39, 0.29) is 18.4 Å². The van der Waals surface area contributed by atoms with Crippen LogP contribution in [0, 0.1) is 6.92 Å². The second-order valence-corrected chi connectivity index (χ2v) is 7.93. The minimum absolute atomic E-state index is 0.0385. The molecule has 1 saturated carbocycles. The average Bonchev–Trinajstić information content (AvgIpc) is 3.46. The van der Waals surface area contributed by atoms with Gasteiger partial charge in [0.2, 0.25) is 12.7 Å². The van der Waals surface area contributed by atoms with Crippen LogP contribution in [0.1, 0.15) is 34.5 Å². The molecule has 0 saturated heterocycles. The fraction of sp³-hybridized carbons (Fsp3) is 0.208. The highest BCUT2D eigenvalue weighted by atomic mass is 16.7. The maximum absolute atomic E-state index is 13.2. The van der Waals surface area contributed by atoms with Crippen molar-refractivity contribution in [2.24, 2.45) is 5.73 Å². The van der Waals surface area contributed by atoms with Crippen LogP contribution in [0.5, 0.6) is 11.5 Å². The van der Waals surface area contributed by atoms with Crippen molar-refractivity contribution < 1.29 is 19.1 Å². The maximum Gasteiger partial charge on any atom is 0.267 e. The van der Waals surface area contributed by atoms with Crippen molar-refractivity contribution in [2.75, 3.05) is 12.1 Å². The summed E-state index contributed by atoms with van der Waals surface area (Å²) in [6.07, 6.45) is 3.19. The van der Waals surface area contributed by atoms with Crippen molar-refractivity contribution in [3.05, 3.63) is 71.5 Å². The minimum atomic E-state index is -0.567. The van der Waals surface area contributed by atoms with Crippen molar-refractivity contribution in [2.45, 2.75) is 25.2 Å². The van der Waals surface area contributed by atoms with Gasteiger partial charge < -0.3 is 20.5 Å². The Morgan fingerprint density at radius 1 is 1.03 bits per heavy atom. The Balaban J connectivity index is 1.39. The molecule has 2 aliphatic rings. The van der Waals surface area contributed by atoms with Crippen LogP contribution in [0.3, 0.4) is 0 Å². The van der Waals surface area contributed by atoms with E-state index in [4.69, 9.17) is 15.2 Å². The van der Waals surface area contributed by atoms with E-state index in [9.17, 15) is 9.59 Å². The molecule has 0 bridgehead atoms. The molecule has 0 spiro atoms. The SMILES string of the molecule is Cc1ccc(NC(=O)C2(c3ccc4c(c3)OCO4)CC2)cc1-c1ccc(C(N)=O)nc1. The molecule has 2 aromatic carbocycles. The number of nitrogens with two attached hydrogens (primary N) is 1. The molecule has 2 heterocycles. The quantitative estimate of drug-likeness (QED) is 0.663. The Kier molecular flexibility index (Phi) is 4.39. The fourth-order valence-corrected chi connectivity index (χ4v) is 3.93. The van der Waals surface area contributed by atoms with Crippen LogP contribution >= 0.6 is 0 Å². The molecule has 7 nitrogen and oxygen atoms in total. The lowest BCUT2D eigenvalue weighted by Crippen LogP contribution is -2.27. The summed E-state index contributed by atoms with van der Waals surface area (Å²) in [5, 5.41) is 3.07. The number of aryl methyl sites for hydroxylation is 1. The van der Waals surface area contributed by atoms with Crippen molar-refractivity contribution in [3.63, 3.8) is 0 Å². The zero-order valence-electron chi connectivity index (χ0n) is 17.0. The lowest BCUT2D eigenvalue weighted by Gasteiger charge is -2.17. The molecule has 0 atom stereocenters. The molecule has 1 aromatic heterocycles. The van der Waals surface area contributed by atoms with E-state index in [2.05, 4.69) is 10.3 Å². The number of fused-ring (bicyclic) bond motifs is 1. The van der Waals surface area contributed by atoms with Gasteiger partial charge in [0.05, 0.1) is 5.41 Å². The molecule has 5 rings (SSSR count). The lowest BCUT2D eigenvalue weighted by molar-refractivity contribution is -0.118. The Hall–Kier alpha value is -3.87. The molecule has 2 amide bonds. The largest absolute Gasteiger partial charge is 0.454 e. The Morgan fingerprint density at radius 2 is 1.84 bits per heavy atom. The zero-order valence-corrected chi connectivity index (χ0v) is 17.0. The summed E-state index contributed by atoms with van der Waals surface area (Å²) in [6.45, 7) is 2.19. The highest BCUT2D eigenvalue weighted by molar-refractivity contribution is 6.02. The number of rotatable bonds is 5. The first kappa shape index (κ1) is 19.1. The summed E-state index contributed by atoms with van der Waals surface area (Å²) in [6, 6.07) is 14.9. The number of hydrogen-bond acceptors (Lipinski definition) is 5. The number of aromatic nitrogens is 1. The summed E-state index contributed by atoms with van der Waals surface area (Å²) in [5.41, 5.74) is 9.38. The number of carbonyl (C=O) groups is 2. The highest BCUT2D eigenvalue weighted by Gasteiger charge is 2.51. The first-order chi connectivity index (χ1) is 15.0. The predicted molar refractivity (Wildman–Crippen MR) is 115 cm³/mol. The third-order valence-electron chi connectivity index (χ3n) is 5.93. The van der Waals surface area contributed by atoms with Gasteiger partial charge in [0, 0.05) is 17.4 Å². The molecule has 0 radical (unpaired) electrons. The topological polar surface area (TPSA) is 104 Å². The zero-order chi connectivity index (χ0) is 21.6. The van der Waals surface area contributed by atoms with Gasteiger partial charge in [-0.1, -0.05) is 18.2 Å². The molecule has 3 N–H and O–H groups in total. The molecule has 1 aliphatic carbocycles. The van der Waals surface area contributed by atoms with Crippen LogP contribution < -0.4 is 20.5 Å². The molecule has 3 aromatic rings. The van der Waals surface area contributed by atoms with Crippen molar-refractivity contribution in [1.82, 2.24) is 4.98 Å². The number of ether oxygens (including phenoxy) is 2. The summed E-state index contributed by atoms with van der Waals surface area (Å²) < 4.78 is 10.8. The van der Waals surface area contributed by atoms with E-state index in [1.54, 1.807) is 18.3 Å². The lowest BCUT2D eigenvalue weighted by atomic mass is 9.94. The van der Waals surface area contributed by atoms with Crippen molar-refractivity contribution in [1.29, 1.82) is 0 Å². The van der Waals surface area contributed by atoms with Crippen LogP contribution in [-0.2, 0) is 10.2 Å². The number of carbonyl (C=O) groups excluding carboxylic acids is 2. The Labute approximate surface area is 179 Å². The number of nitrogens with one attached hydrogen (secondary N) is 1. The van der Waals surface area contributed by atoms with Gasteiger partial charge in [0.25, 0.3) is 5.91 Å². The first-order valence-corrected chi connectivity index (χ1v) is 10.0. The molecule has 31 heavy (non-hydrogen) atoms. The van der Waals surface area contributed by atoms with Gasteiger partial charge in [0.15, 0.2) is 11.5 Å². The number of nitrogens with zero attached hydrogens (tertiary/aromatic N) is 1. The van der Waals surface area contributed by atoms with E-state index < -0.39 is 11.3 Å². The average molecular weight is 415 g/mol. The van der Waals surface area contributed by atoms with Gasteiger partial charge in [0.1, 0.15) is 5.69 Å². The molecular formula is C24H21N3O4. The fourth-order valence-electron chi connectivity index (χ4n) is 3.93. The molecule has 7 heteroatoms.